The number of nitro groups is 1. The number of sulfonamides is 1. The molecule has 2 aromatic carbocycles. The summed E-state index contributed by atoms with van der Waals surface area (Å²) in [5.74, 6) is 0. The van der Waals surface area contributed by atoms with Gasteiger partial charge in [0, 0.05) is 6.07 Å². The Balaban J connectivity index is 2.79. The zero-order valence-electron chi connectivity index (χ0n) is 12.5. The first kappa shape index (κ1) is 16.0. The SMILES string of the molecule is Cc1ccc(C)c(N(c2ccccc2[N+](=O)[O-])S(C)(=O)=O)c1. The van der Waals surface area contributed by atoms with E-state index in [1.54, 1.807) is 25.1 Å². The van der Waals surface area contributed by atoms with Crippen molar-refractivity contribution in [2.24, 2.45) is 0 Å². The number of aryl methyl sites for hydroxylation is 2. The Labute approximate surface area is 129 Å². The van der Waals surface area contributed by atoms with Gasteiger partial charge in [-0.2, -0.15) is 0 Å². The van der Waals surface area contributed by atoms with Gasteiger partial charge >= 0.3 is 0 Å². The molecule has 0 amide bonds. The summed E-state index contributed by atoms with van der Waals surface area (Å²) in [7, 11) is -3.74. The highest BCUT2D eigenvalue weighted by Crippen LogP contribution is 2.37. The van der Waals surface area contributed by atoms with Crippen molar-refractivity contribution >= 4 is 27.1 Å². The molecule has 2 rings (SSSR count). The molecule has 0 radical (unpaired) electrons. The zero-order valence-corrected chi connectivity index (χ0v) is 13.3. The topological polar surface area (TPSA) is 80.5 Å². The highest BCUT2D eigenvalue weighted by atomic mass is 32.2. The summed E-state index contributed by atoms with van der Waals surface area (Å²) < 4.78 is 25.6. The van der Waals surface area contributed by atoms with Crippen molar-refractivity contribution in [3.63, 3.8) is 0 Å². The van der Waals surface area contributed by atoms with E-state index >= 15 is 0 Å². The maximum Gasteiger partial charge on any atom is 0.293 e. The van der Waals surface area contributed by atoms with Gasteiger partial charge in [-0.05, 0) is 37.1 Å². The third kappa shape index (κ3) is 3.09. The Bertz CT molecular complexity index is 831. The van der Waals surface area contributed by atoms with E-state index in [9.17, 15) is 18.5 Å². The lowest BCUT2D eigenvalue weighted by molar-refractivity contribution is -0.384. The standard InChI is InChI=1S/C15H16N2O4S/c1-11-8-9-12(2)15(10-11)16(22(3,20)21)13-6-4-5-7-14(13)17(18)19/h4-10H,1-3H3. The molecular weight excluding hydrogens is 304 g/mol. The van der Waals surface area contributed by atoms with Gasteiger partial charge in [0.05, 0.1) is 16.9 Å². The van der Waals surface area contributed by atoms with Gasteiger partial charge in [0.2, 0.25) is 10.0 Å². The second-order valence-corrected chi connectivity index (χ2v) is 6.89. The van der Waals surface area contributed by atoms with Gasteiger partial charge in [0.25, 0.3) is 5.69 Å². The van der Waals surface area contributed by atoms with Crippen LogP contribution in [-0.4, -0.2) is 19.6 Å². The average Bonchev–Trinajstić information content (AvgIpc) is 2.42. The molecule has 0 spiro atoms. The summed E-state index contributed by atoms with van der Waals surface area (Å²) in [5.41, 5.74) is 1.77. The smallest absolute Gasteiger partial charge is 0.258 e. The van der Waals surface area contributed by atoms with Gasteiger partial charge in [-0.25, -0.2) is 12.7 Å². The maximum absolute atomic E-state index is 12.3. The summed E-state index contributed by atoms with van der Waals surface area (Å²) in [4.78, 5) is 10.6. The van der Waals surface area contributed by atoms with E-state index in [1.807, 2.05) is 13.0 Å². The van der Waals surface area contributed by atoms with Crippen LogP contribution in [0.3, 0.4) is 0 Å². The van der Waals surface area contributed by atoms with Crippen LogP contribution in [0.2, 0.25) is 0 Å². The Morgan fingerprint density at radius 1 is 1.05 bits per heavy atom. The summed E-state index contributed by atoms with van der Waals surface area (Å²) in [6.45, 7) is 3.60. The predicted octanol–water partition coefficient (Wildman–Crippen LogP) is 3.31. The molecule has 0 heterocycles. The highest BCUT2D eigenvalue weighted by Gasteiger charge is 2.28. The lowest BCUT2D eigenvalue weighted by atomic mass is 10.1. The molecule has 0 aromatic heterocycles. The van der Waals surface area contributed by atoms with Crippen LogP contribution in [-0.2, 0) is 10.0 Å². The van der Waals surface area contributed by atoms with Crippen molar-refractivity contribution in [2.75, 3.05) is 10.6 Å². The molecule has 0 fully saturated rings. The minimum Gasteiger partial charge on any atom is -0.258 e. The Kier molecular flexibility index (Phi) is 4.18. The fourth-order valence-electron chi connectivity index (χ4n) is 2.22. The molecule has 0 bridgehead atoms. The zero-order chi connectivity index (χ0) is 16.5. The molecule has 7 heteroatoms. The van der Waals surface area contributed by atoms with Gasteiger partial charge in [-0.15, -0.1) is 0 Å². The molecule has 2 aromatic rings. The molecule has 0 aliphatic heterocycles. The number of rotatable bonds is 4. The minimum absolute atomic E-state index is 0.0312. The van der Waals surface area contributed by atoms with Crippen molar-refractivity contribution in [1.82, 2.24) is 0 Å². The number of hydrogen-bond acceptors (Lipinski definition) is 4. The van der Waals surface area contributed by atoms with Crippen molar-refractivity contribution in [3.05, 3.63) is 63.7 Å². The lowest BCUT2D eigenvalue weighted by Gasteiger charge is -2.24. The van der Waals surface area contributed by atoms with E-state index in [0.717, 1.165) is 16.1 Å². The molecule has 0 atom stereocenters. The lowest BCUT2D eigenvalue weighted by Crippen LogP contribution is -2.26. The van der Waals surface area contributed by atoms with Crippen LogP contribution in [0.1, 0.15) is 11.1 Å². The normalized spacial score (nSPS) is 11.2. The molecule has 0 saturated carbocycles. The number of benzene rings is 2. The number of para-hydroxylation sites is 2. The van der Waals surface area contributed by atoms with Crippen LogP contribution in [0.15, 0.2) is 42.5 Å². The molecule has 0 aliphatic rings. The van der Waals surface area contributed by atoms with E-state index in [-0.39, 0.29) is 11.4 Å². The average molecular weight is 320 g/mol. The van der Waals surface area contributed by atoms with Gasteiger partial charge in [-0.3, -0.25) is 10.1 Å². The first-order valence-electron chi connectivity index (χ1n) is 6.53. The number of nitrogens with zero attached hydrogens (tertiary/aromatic N) is 2. The van der Waals surface area contributed by atoms with E-state index in [0.29, 0.717) is 11.3 Å². The molecule has 0 saturated heterocycles. The highest BCUT2D eigenvalue weighted by molar-refractivity contribution is 7.92. The van der Waals surface area contributed by atoms with Gasteiger partial charge in [0.15, 0.2) is 0 Å². The molecule has 116 valence electrons. The molecule has 0 aliphatic carbocycles. The van der Waals surface area contributed by atoms with Crippen LogP contribution in [0.25, 0.3) is 0 Å². The first-order valence-corrected chi connectivity index (χ1v) is 8.37. The fraction of sp³-hybridized carbons (Fsp3) is 0.200. The summed E-state index contributed by atoms with van der Waals surface area (Å²) in [6, 6.07) is 11.2. The summed E-state index contributed by atoms with van der Waals surface area (Å²) in [5, 5.41) is 11.2. The third-order valence-corrected chi connectivity index (χ3v) is 4.27. The molecule has 22 heavy (non-hydrogen) atoms. The largest absolute Gasteiger partial charge is 0.293 e. The van der Waals surface area contributed by atoms with E-state index < -0.39 is 14.9 Å². The van der Waals surface area contributed by atoms with E-state index in [4.69, 9.17) is 0 Å². The predicted molar refractivity (Wildman–Crippen MR) is 86.0 cm³/mol. The Morgan fingerprint density at radius 2 is 1.68 bits per heavy atom. The molecule has 0 unspecified atom stereocenters. The van der Waals surface area contributed by atoms with E-state index in [2.05, 4.69) is 0 Å². The van der Waals surface area contributed by atoms with Crippen molar-refractivity contribution in [3.8, 4) is 0 Å². The van der Waals surface area contributed by atoms with Crippen molar-refractivity contribution in [2.45, 2.75) is 13.8 Å². The number of nitro benzene ring substituents is 1. The van der Waals surface area contributed by atoms with E-state index in [1.165, 1.54) is 18.2 Å². The number of anilines is 2. The minimum atomic E-state index is -3.74. The van der Waals surface area contributed by atoms with Crippen LogP contribution in [0, 0.1) is 24.0 Å². The summed E-state index contributed by atoms with van der Waals surface area (Å²) in [6.07, 6.45) is 1.03. The van der Waals surface area contributed by atoms with Crippen LogP contribution in [0.5, 0.6) is 0 Å². The molecular formula is C15H16N2O4S. The van der Waals surface area contributed by atoms with Crippen LogP contribution in [0.4, 0.5) is 17.1 Å². The van der Waals surface area contributed by atoms with Crippen molar-refractivity contribution in [1.29, 1.82) is 0 Å². The molecule has 6 nitrogen and oxygen atoms in total. The Hall–Kier alpha value is -2.41. The van der Waals surface area contributed by atoms with Crippen LogP contribution >= 0.6 is 0 Å². The fourth-order valence-corrected chi connectivity index (χ4v) is 3.28. The van der Waals surface area contributed by atoms with Gasteiger partial charge in [-0.1, -0.05) is 24.3 Å². The quantitative estimate of drug-likeness (QED) is 0.639. The summed E-state index contributed by atoms with van der Waals surface area (Å²) >= 11 is 0. The van der Waals surface area contributed by atoms with Crippen LogP contribution < -0.4 is 4.31 Å². The first-order chi connectivity index (χ1) is 10.2. The maximum atomic E-state index is 12.3. The second-order valence-electron chi connectivity index (χ2n) is 5.06. The molecule has 0 N–H and O–H groups in total. The van der Waals surface area contributed by atoms with Gasteiger partial charge in [0.1, 0.15) is 5.69 Å². The number of hydrogen-bond donors (Lipinski definition) is 0. The third-order valence-electron chi connectivity index (χ3n) is 3.21. The monoisotopic (exact) mass is 320 g/mol. The second kappa shape index (κ2) is 5.76. The Morgan fingerprint density at radius 3 is 2.27 bits per heavy atom. The van der Waals surface area contributed by atoms with Gasteiger partial charge < -0.3 is 0 Å². The van der Waals surface area contributed by atoms with Crippen molar-refractivity contribution < 1.29 is 13.3 Å².